The summed E-state index contributed by atoms with van der Waals surface area (Å²) in [6, 6.07) is 3.91. The number of aryl methyl sites for hydroxylation is 2. The third kappa shape index (κ3) is 7.07. The van der Waals surface area contributed by atoms with E-state index in [9.17, 15) is 0 Å². The fourth-order valence-electron chi connectivity index (χ4n) is 2.02. The number of halogens is 2. The topological polar surface area (TPSA) is 44.5 Å². The third-order valence-corrected chi connectivity index (χ3v) is 3.32. The van der Waals surface area contributed by atoms with Gasteiger partial charge in [0, 0.05) is 0 Å². The molecule has 0 aliphatic rings. The molecule has 0 saturated carbocycles. The van der Waals surface area contributed by atoms with Crippen LogP contribution >= 0.6 is 23.2 Å². The maximum Gasteiger partial charge on any atom is 0.125 e. The zero-order chi connectivity index (χ0) is 15.7. The van der Waals surface area contributed by atoms with Crippen LogP contribution in [-0.4, -0.2) is 19.8 Å². The number of hydrogen-bond donors (Lipinski definition) is 1. The van der Waals surface area contributed by atoms with Crippen LogP contribution in [0, 0.1) is 13.8 Å². The van der Waals surface area contributed by atoms with Gasteiger partial charge in [-0.2, -0.15) is 0 Å². The lowest BCUT2D eigenvalue weighted by atomic mass is 10.1. The molecule has 0 spiro atoms. The molecule has 5 heteroatoms. The third-order valence-electron chi connectivity index (χ3n) is 3.02. The summed E-state index contributed by atoms with van der Waals surface area (Å²) >= 11 is 11.1. The number of rotatable bonds is 9. The summed E-state index contributed by atoms with van der Waals surface area (Å²) < 4.78 is 11.6. The second-order valence-corrected chi connectivity index (χ2v) is 5.90. The fraction of sp³-hybridized carbons (Fsp3) is 0.500. The van der Waals surface area contributed by atoms with Crippen molar-refractivity contribution in [3.8, 4) is 11.5 Å². The molecule has 2 N–H and O–H groups in total. The standard InChI is InChI=1S/C16H23Cl2NO2/c1-12-10-14(20-9-6-15(17)18)11-13(2)16(12)21-8-5-3-4-7-19/h6,10-11H,3-5,7-9,19H2,1-2H3. The van der Waals surface area contributed by atoms with Crippen LogP contribution < -0.4 is 15.2 Å². The second-order valence-electron chi connectivity index (χ2n) is 4.89. The van der Waals surface area contributed by atoms with Gasteiger partial charge in [-0.15, -0.1) is 0 Å². The Bertz CT molecular complexity index is 448. The molecular weight excluding hydrogens is 309 g/mol. The van der Waals surface area contributed by atoms with Crippen molar-refractivity contribution in [1.29, 1.82) is 0 Å². The Balaban J connectivity index is 2.56. The molecule has 0 atom stereocenters. The molecule has 0 fully saturated rings. The van der Waals surface area contributed by atoms with E-state index < -0.39 is 0 Å². The smallest absolute Gasteiger partial charge is 0.125 e. The van der Waals surface area contributed by atoms with Crippen molar-refractivity contribution in [1.82, 2.24) is 0 Å². The second kappa shape index (κ2) is 9.93. The van der Waals surface area contributed by atoms with Crippen molar-refractivity contribution in [2.24, 2.45) is 5.73 Å². The molecular formula is C16H23Cl2NO2. The van der Waals surface area contributed by atoms with Crippen molar-refractivity contribution >= 4 is 23.2 Å². The van der Waals surface area contributed by atoms with Crippen molar-refractivity contribution in [2.45, 2.75) is 33.1 Å². The molecule has 0 amide bonds. The zero-order valence-electron chi connectivity index (χ0n) is 12.6. The first kappa shape index (κ1) is 18.1. The maximum absolute atomic E-state index is 5.86. The SMILES string of the molecule is Cc1cc(OCC=C(Cl)Cl)cc(C)c1OCCCCCN. The van der Waals surface area contributed by atoms with Gasteiger partial charge in [0.05, 0.1) is 6.61 Å². The number of ether oxygens (including phenoxy) is 2. The average molecular weight is 332 g/mol. The molecule has 1 aromatic carbocycles. The minimum absolute atomic E-state index is 0.209. The largest absolute Gasteiger partial charge is 0.493 e. The highest BCUT2D eigenvalue weighted by molar-refractivity contribution is 6.55. The van der Waals surface area contributed by atoms with Gasteiger partial charge in [-0.25, -0.2) is 0 Å². The molecule has 0 aliphatic heterocycles. The van der Waals surface area contributed by atoms with Crippen LogP contribution in [0.1, 0.15) is 30.4 Å². The zero-order valence-corrected chi connectivity index (χ0v) is 14.1. The summed E-state index contributed by atoms with van der Waals surface area (Å²) in [5.41, 5.74) is 7.59. The molecule has 0 saturated heterocycles. The monoisotopic (exact) mass is 331 g/mol. The highest BCUT2D eigenvalue weighted by Crippen LogP contribution is 2.28. The van der Waals surface area contributed by atoms with Gasteiger partial charge in [-0.1, -0.05) is 23.2 Å². The normalized spacial score (nSPS) is 10.3. The average Bonchev–Trinajstić information content (AvgIpc) is 2.40. The molecule has 0 heterocycles. The Hall–Kier alpha value is -0.900. The molecule has 118 valence electrons. The Morgan fingerprint density at radius 3 is 2.33 bits per heavy atom. The number of benzene rings is 1. The van der Waals surface area contributed by atoms with Crippen LogP contribution in [0.5, 0.6) is 11.5 Å². The molecule has 1 aromatic rings. The van der Waals surface area contributed by atoms with Crippen LogP contribution in [0.3, 0.4) is 0 Å². The fourth-order valence-corrected chi connectivity index (χ4v) is 2.15. The lowest BCUT2D eigenvalue weighted by Crippen LogP contribution is -2.04. The minimum Gasteiger partial charge on any atom is -0.493 e. The summed E-state index contributed by atoms with van der Waals surface area (Å²) in [4.78, 5) is 0. The lowest BCUT2D eigenvalue weighted by molar-refractivity contribution is 0.300. The highest BCUT2D eigenvalue weighted by Gasteiger charge is 2.07. The van der Waals surface area contributed by atoms with E-state index >= 15 is 0 Å². The molecule has 0 aliphatic carbocycles. The van der Waals surface area contributed by atoms with Crippen LogP contribution in [0.15, 0.2) is 22.7 Å². The number of hydrogen-bond acceptors (Lipinski definition) is 3. The van der Waals surface area contributed by atoms with Crippen molar-refractivity contribution in [3.05, 3.63) is 33.8 Å². The van der Waals surface area contributed by atoms with Gasteiger partial charge in [0.1, 0.15) is 22.6 Å². The minimum atomic E-state index is 0.209. The van der Waals surface area contributed by atoms with Crippen molar-refractivity contribution in [2.75, 3.05) is 19.8 Å². The van der Waals surface area contributed by atoms with Gasteiger partial charge < -0.3 is 15.2 Å². The Labute approximate surface area is 137 Å². The summed E-state index contributed by atoms with van der Waals surface area (Å²) in [5.74, 6) is 1.72. The predicted molar refractivity (Wildman–Crippen MR) is 89.6 cm³/mol. The number of unbranched alkanes of at least 4 members (excludes halogenated alkanes) is 2. The van der Waals surface area contributed by atoms with Crippen LogP contribution in [0.4, 0.5) is 0 Å². The molecule has 3 nitrogen and oxygen atoms in total. The summed E-state index contributed by atoms with van der Waals surface area (Å²) in [7, 11) is 0. The summed E-state index contributed by atoms with van der Waals surface area (Å²) in [5, 5.41) is 0. The van der Waals surface area contributed by atoms with Crippen molar-refractivity contribution < 1.29 is 9.47 Å². The van der Waals surface area contributed by atoms with Gasteiger partial charge in [0.15, 0.2) is 0 Å². The van der Waals surface area contributed by atoms with Gasteiger partial charge in [-0.3, -0.25) is 0 Å². The lowest BCUT2D eigenvalue weighted by Gasteiger charge is -2.14. The number of nitrogens with two attached hydrogens (primary N) is 1. The van der Waals surface area contributed by atoms with Gasteiger partial charge >= 0.3 is 0 Å². The first-order chi connectivity index (χ1) is 10.0. The quantitative estimate of drug-likeness (QED) is 0.677. The van der Waals surface area contributed by atoms with E-state index in [1.165, 1.54) is 0 Å². The van der Waals surface area contributed by atoms with E-state index in [0.717, 1.165) is 48.4 Å². The van der Waals surface area contributed by atoms with Gasteiger partial charge in [-0.05, 0) is 69.0 Å². The molecule has 21 heavy (non-hydrogen) atoms. The van der Waals surface area contributed by atoms with Crippen LogP contribution in [0.25, 0.3) is 0 Å². The summed E-state index contributed by atoms with van der Waals surface area (Å²) in [6.45, 7) is 5.83. The van der Waals surface area contributed by atoms with E-state index in [4.69, 9.17) is 38.4 Å². The van der Waals surface area contributed by atoms with Crippen LogP contribution in [0.2, 0.25) is 0 Å². The molecule has 0 radical (unpaired) electrons. The van der Waals surface area contributed by atoms with E-state index in [1.54, 1.807) is 6.08 Å². The molecule has 0 aromatic heterocycles. The first-order valence-electron chi connectivity index (χ1n) is 7.12. The van der Waals surface area contributed by atoms with E-state index in [0.29, 0.717) is 13.2 Å². The molecule has 0 bridgehead atoms. The predicted octanol–water partition coefficient (Wildman–Crippen LogP) is 4.51. The van der Waals surface area contributed by atoms with Gasteiger partial charge in [0.25, 0.3) is 0 Å². The Morgan fingerprint density at radius 2 is 1.76 bits per heavy atom. The van der Waals surface area contributed by atoms with Crippen molar-refractivity contribution in [3.63, 3.8) is 0 Å². The Kier molecular flexibility index (Phi) is 8.58. The van der Waals surface area contributed by atoms with E-state index in [2.05, 4.69) is 0 Å². The van der Waals surface area contributed by atoms with E-state index in [-0.39, 0.29) is 4.49 Å². The molecule has 0 unspecified atom stereocenters. The van der Waals surface area contributed by atoms with Crippen LogP contribution in [-0.2, 0) is 0 Å². The van der Waals surface area contributed by atoms with Gasteiger partial charge in [0.2, 0.25) is 0 Å². The summed E-state index contributed by atoms with van der Waals surface area (Å²) in [6.07, 6.45) is 4.77. The highest BCUT2D eigenvalue weighted by atomic mass is 35.5. The Morgan fingerprint density at radius 1 is 1.10 bits per heavy atom. The maximum atomic E-state index is 5.86. The molecule has 1 rings (SSSR count). The first-order valence-corrected chi connectivity index (χ1v) is 7.88. The van der Waals surface area contributed by atoms with E-state index in [1.807, 2.05) is 26.0 Å².